The second-order valence-corrected chi connectivity index (χ2v) is 11.3. The Labute approximate surface area is 255 Å². The van der Waals surface area contributed by atoms with Gasteiger partial charge in [0.25, 0.3) is 21.8 Å². The molecule has 1 heterocycles. The molecule has 12 heteroatoms. The molecule has 1 aromatic heterocycles. The monoisotopic (exact) mass is 617 g/mol. The second-order valence-electron chi connectivity index (χ2n) is 9.58. The van der Waals surface area contributed by atoms with E-state index in [1.165, 1.54) is 44.7 Å². The van der Waals surface area contributed by atoms with Gasteiger partial charge < -0.3 is 19.5 Å². The summed E-state index contributed by atoms with van der Waals surface area (Å²) in [7, 11) is -1.17. The van der Waals surface area contributed by atoms with Gasteiger partial charge in [0.15, 0.2) is 11.5 Å². The van der Waals surface area contributed by atoms with Crippen molar-refractivity contribution in [2.75, 3.05) is 20.8 Å². The standard InChI is InChI=1S/C32H31N3O8S/c1-21-6-4-5-7-27(21)32(38)43-20-25-12-10-24(19-34-25)31(37)35-44(39,40)26-13-8-22(9-14-26)16-17-33-30(36)23-11-15-28(41-2)29(18-23)42-3/h4-15,18-19H,16-17,20H2,1-3H3,(H,33,36)(H,35,37). The number of nitrogens with one attached hydrogen (secondary N) is 2. The lowest BCUT2D eigenvalue weighted by atomic mass is 10.1. The normalized spacial score (nSPS) is 10.9. The number of carbonyl (C=O) groups is 3. The van der Waals surface area contributed by atoms with E-state index in [9.17, 15) is 22.8 Å². The van der Waals surface area contributed by atoms with Gasteiger partial charge in [-0.3, -0.25) is 14.6 Å². The van der Waals surface area contributed by atoms with Crippen molar-refractivity contribution < 1.29 is 37.0 Å². The molecule has 44 heavy (non-hydrogen) atoms. The summed E-state index contributed by atoms with van der Waals surface area (Å²) in [6, 6.07) is 20.7. The van der Waals surface area contributed by atoms with Crippen LogP contribution in [-0.2, 0) is 27.8 Å². The lowest BCUT2D eigenvalue weighted by Crippen LogP contribution is -2.30. The number of aromatic nitrogens is 1. The van der Waals surface area contributed by atoms with Crippen LogP contribution in [0.4, 0.5) is 0 Å². The van der Waals surface area contributed by atoms with Crippen molar-refractivity contribution in [3.8, 4) is 11.5 Å². The number of pyridine rings is 1. The smallest absolute Gasteiger partial charge is 0.338 e. The van der Waals surface area contributed by atoms with E-state index < -0.39 is 21.9 Å². The number of aryl methyl sites for hydroxylation is 1. The number of benzene rings is 3. The number of hydrogen-bond donors (Lipinski definition) is 2. The zero-order valence-corrected chi connectivity index (χ0v) is 25.1. The highest BCUT2D eigenvalue weighted by Crippen LogP contribution is 2.27. The number of nitrogens with zero attached hydrogens (tertiary/aromatic N) is 1. The topological polar surface area (TPSA) is 150 Å². The van der Waals surface area contributed by atoms with Gasteiger partial charge in [-0.25, -0.2) is 17.9 Å². The summed E-state index contributed by atoms with van der Waals surface area (Å²) in [5.41, 5.74) is 2.83. The zero-order valence-electron chi connectivity index (χ0n) is 24.3. The van der Waals surface area contributed by atoms with Crippen molar-refractivity contribution in [1.82, 2.24) is 15.0 Å². The highest BCUT2D eigenvalue weighted by atomic mass is 32.2. The number of ether oxygens (including phenoxy) is 3. The van der Waals surface area contributed by atoms with Gasteiger partial charge in [0.2, 0.25) is 0 Å². The van der Waals surface area contributed by atoms with Gasteiger partial charge in [0, 0.05) is 18.3 Å². The molecule has 228 valence electrons. The first-order valence-electron chi connectivity index (χ1n) is 13.5. The third-order valence-electron chi connectivity index (χ3n) is 6.61. The minimum absolute atomic E-state index is 0.0180. The fourth-order valence-electron chi connectivity index (χ4n) is 4.14. The predicted molar refractivity (Wildman–Crippen MR) is 161 cm³/mol. The molecule has 2 N–H and O–H groups in total. The Balaban J connectivity index is 1.27. The number of methoxy groups -OCH3 is 2. The van der Waals surface area contributed by atoms with Crippen molar-refractivity contribution in [1.29, 1.82) is 0 Å². The molecule has 0 aliphatic carbocycles. The number of hydrogen-bond acceptors (Lipinski definition) is 9. The van der Waals surface area contributed by atoms with Gasteiger partial charge in [-0.1, -0.05) is 30.3 Å². The highest BCUT2D eigenvalue weighted by Gasteiger charge is 2.19. The minimum atomic E-state index is -4.16. The van der Waals surface area contributed by atoms with Crippen molar-refractivity contribution in [3.63, 3.8) is 0 Å². The third-order valence-corrected chi connectivity index (χ3v) is 7.96. The molecule has 0 aliphatic heterocycles. The Morgan fingerprint density at radius 3 is 2.18 bits per heavy atom. The highest BCUT2D eigenvalue weighted by molar-refractivity contribution is 7.90. The molecular weight excluding hydrogens is 586 g/mol. The Bertz CT molecular complexity index is 1760. The summed E-state index contributed by atoms with van der Waals surface area (Å²) in [4.78, 5) is 41.4. The predicted octanol–water partition coefficient (Wildman–Crippen LogP) is 3.86. The van der Waals surface area contributed by atoms with Crippen LogP contribution in [0.2, 0.25) is 0 Å². The van der Waals surface area contributed by atoms with Gasteiger partial charge in [0.05, 0.1) is 35.9 Å². The molecular formula is C32H31N3O8S. The fourth-order valence-corrected chi connectivity index (χ4v) is 5.11. The molecule has 0 bridgehead atoms. The molecule has 0 atom stereocenters. The summed E-state index contributed by atoms with van der Waals surface area (Å²) < 4.78 is 43.3. The molecule has 0 fully saturated rings. The first-order valence-corrected chi connectivity index (χ1v) is 14.9. The van der Waals surface area contributed by atoms with Crippen molar-refractivity contribution in [2.45, 2.75) is 24.8 Å². The van der Waals surface area contributed by atoms with Crippen molar-refractivity contribution >= 4 is 27.8 Å². The quantitative estimate of drug-likeness (QED) is 0.226. The molecule has 3 aromatic carbocycles. The van der Waals surface area contributed by atoms with Gasteiger partial charge >= 0.3 is 5.97 Å². The first kappa shape index (κ1) is 31.7. The van der Waals surface area contributed by atoms with E-state index in [-0.39, 0.29) is 23.0 Å². The average Bonchev–Trinajstić information content (AvgIpc) is 3.03. The van der Waals surface area contributed by atoms with Crippen LogP contribution in [0, 0.1) is 6.92 Å². The number of amides is 2. The SMILES string of the molecule is COc1ccc(C(=O)NCCc2ccc(S(=O)(=O)NC(=O)c3ccc(COC(=O)c4ccccc4C)nc3)cc2)cc1OC. The van der Waals surface area contributed by atoms with Crippen molar-refractivity contribution in [3.05, 3.63) is 119 Å². The van der Waals surface area contributed by atoms with E-state index in [0.717, 1.165) is 11.1 Å². The van der Waals surface area contributed by atoms with Crippen LogP contribution in [0.5, 0.6) is 11.5 Å². The molecule has 0 unspecified atom stereocenters. The molecule has 0 aliphatic rings. The molecule has 0 radical (unpaired) electrons. The van der Waals surface area contributed by atoms with E-state index in [1.807, 2.05) is 10.8 Å². The third kappa shape index (κ3) is 7.98. The van der Waals surface area contributed by atoms with Crippen LogP contribution < -0.4 is 19.5 Å². The zero-order chi connectivity index (χ0) is 31.7. The Morgan fingerprint density at radius 2 is 1.52 bits per heavy atom. The van der Waals surface area contributed by atoms with E-state index in [4.69, 9.17) is 14.2 Å². The number of sulfonamides is 1. The maximum atomic E-state index is 12.8. The molecule has 11 nitrogen and oxygen atoms in total. The van der Waals surface area contributed by atoms with Crippen LogP contribution in [-0.4, -0.2) is 51.9 Å². The molecule has 4 aromatic rings. The maximum absolute atomic E-state index is 12.8. The van der Waals surface area contributed by atoms with E-state index >= 15 is 0 Å². The largest absolute Gasteiger partial charge is 0.493 e. The van der Waals surface area contributed by atoms with Crippen LogP contribution in [0.15, 0.2) is 90.0 Å². The van der Waals surface area contributed by atoms with Gasteiger partial charge in [-0.15, -0.1) is 0 Å². The van der Waals surface area contributed by atoms with Crippen LogP contribution >= 0.6 is 0 Å². The van der Waals surface area contributed by atoms with Gasteiger partial charge in [-0.2, -0.15) is 0 Å². The van der Waals surface area contributed by atoms with Crippen LogP contribution in [0.3, 0.4) is 0 Å². The lowest BCUT2D eigenvalue weighted by Gasteiger charge is -2.10. The minimum Gasteiger partial charge on any atom is -0.493 e. The Hall–Kier alpha value is -5.23. The molecule has 4 rings (SSSR count). The van der Waals surface area contributed by atoms with Gasteiger partial charge in [-0.05, 0) is 73.0 Å². The number of rotatable bonds is 12. The van der Waals surface area contributed by atoms with Crippen LogP contribution in [0.25, 0.3) is 0 Å². The summed E-state index contributed by atoms with van der Waals surface area (Å²) >= 11 is 0. The first-order chi connectivity index (χ1) is 21.1. The van der Waals surface area contributed by atoms with Crippen molar-refractivity contribution in [2.24, 2.45) is 0 Å². The molecule has 0 saturated heterocycles. The summed E-state index contributed by atoms with van der Waals surface area (Å²) in [6.07, 6.45) is 1.66. The van der Waals surface area contributed by atoms with Gasteiger partial charge in [0.1, 0.15) is 6.61 Å². The molecule has 0 saturated carbocycles. The summed E-state index contributed by atoms with van der Waals surface area (Å²) in [6.45, 7) is 2.00. The average molecular weight is 618 g/mol. The number of esters is 1. The Kier molecular flexibility index (Phi) is 10.3. The fraction of sp³-hybridized carbons (Fsp3) is 0.188. The van der Waals surface area contributed by atoms with E-state index in [1.54, 1.807) is 55.5 Å². The Morgan fingerprint density at radius 1 is 0.818 bits per heavy atom. The second kappa shape index (κ2) is 14.3. The molecule has 0 spiro atoms. The van der Waals surface area contributed by atoms with E-state index in [0.29, 0.717) is 41.3 Å². The summed E-state index contributed by atoms with van der Waals surface area (Å²) in [5.74, 6) is -0.696. The summed E-state index contributed by atoms with van der Waals surface area (Å²) in [5, 5.41) is 2.81. The maximum Gasteiger partial charge on any atom is 0.338 e. The van der Waals surface area contributed by atoms with E-state index in [2.05, 4.69) is 10.3 Å². The van der Waals surface area contributed by atoms with Crippen LogP contribution in [0.1, 0.15) is 47.9 Å². The molecule has 2 amide bonds. The lowest BCUT2D eigenvalue weighted by molar-refractivity contribution is 0.0466. The number of carbonyl (C=O) groups excluding carboxylic acids is 3.